The molecule has 2 heterocycles. The van der Waals surface area contributed by atoms with Crippen LogP contribution in [0.25, 0.3) is 0 Å². The first-order valence-electron chi connectivity index (χ1n) is 6.99. The summed E-state index contributed by atoms with van der Waals surface area (Å²) in [6.07, 6.45) is 9.10. The van der Waals surface area contributed by atoms with Gasteiger partial charge < -0.3 is 15.4 Å². The van der Waals surface area contributed by atoms with Gasteiger partial charge in [-0.3, -0.25) is 4.79 Å². The van der Waals surface area contributed by atoms with Crippen LogP contribution < -0.4 is 10.6 Å². The Bertz CT molecular complexity index is 289. The van der Waals surface area contributed by atoms with E-state index in [0.717, 1.165) is 25.7 Å². The summed E-state index contributed by atoms with van der Waals surface area (Å²) in [6.45, 7) is 0.452. The Morgan fingerprint density at radius 2 is 2.00 bits per heavy atom. The van der Waals surface area contributed by atoms with E-state index in [1.54, 1.807) is 0 Å². The zero-order valence-electron chi connectivity index (χ0n) is 10.3. The van der Waals surface area contributed by atoms with E-state index in [1.165, 1.54) is 19.3 Å². The van der Waals surface area contributed by atoms with Gasteiger partial charge in [-0.05, 0) is 32.1 Å². The van der Waals surface area contributed by atoms with Crippen LogP contribution in [0.2, 0.25) is 0 Å². The molecule has 0 aromatic carbocycles. The lowest BCUT2D eigenvalue weighted by atomic mass is 9.95. The van der Waals surface area contributed by atoms with Crippen molar-refractivity contribution in [2.75, 3.05) is 6.54 Å². The first-order chi connectivity index (χ1) is 8.31. The fraction of sp³-hybridized carbons (Fsp3) is 0.923. The smallest absolute Gasteiger partial charge is 0.234 e. The third-order valence-corrected chi connectivity index (χ3v) is 4.35. The Morgan fingerprint density at radius 1 is 1.18 bits per heavy atom. The van der Waals surface area contributed by atoms with Crippen LogP contribution in [-0.2, 0) is 9.53 Å². The van der Waals surface area contributed by atoms with Crippen LogP contribution in [0.4, 0.5) is 0 Å². The maximum Gasteiger partial charge on any atom is 0.234 e. The van der Waals surface area contributed by atoms with E-state index in [4.69, 9.17) is 4.74 Å². The number of rotatable bonds is 4. The van der Waals surface area contributed by atoms with E-state index in [0.29, 0.717) is 30.8 Å². The standard InChI is InChI=1S/C13H22N2O2/c16-13(15-9-3-1-2-4-9)8-14-11-7-10-5-6-12(11)17-10/h9-12,14H,1-8H2,(H,15,16). The molecule has 2 aliphatic heterocycles. The van der Waals surface area contributed by atoms with Gasteiger partial charge in [0, 0.05) is 12.1 Å². The zero-order chi connectivity index (χ0) is 11.7. The third-order valence-electron chi connectivity index (χ3n) is 4.35. The van der Waals surface area contributed by atoms with Crippen molar-refractivity contribution >= 4 is 5.91 Å². The van der Waals surface area contributed by atoms with Crippen LogP contribution in [0, 0.1) is 0 Å². The molecule has 0 spiro atoms. The molecule has 1 amide bonds. The highest BCUT2D eigenvalue weighted by Gasteiger charge is 2.40. The molecule has 0 aromatic heterocycles. The predicted molar refractivity (Wildman–Crippen MR) is 64.7 cm³/mol. The lowest BCUT2D eigenvalue weighted by molar-refractivity contribution is -0.121. The van der Waals surface area contributed by atoms with E-state index < -0.39 is 0 Å². The molecular weight excluding hydrogens is 216 g/mol. The fourth-order valence-electron chi connectivity index (χ4n) is 3.43. The molecule has 17 heavy (non-hydrogen) atoms. The van der Waals surface area contributed by atoms with Crippen LogP contribution in [-0.4, -0.2) is 36.7 Å². The Morgan fingerprint density at radius 3 is 2.65 bits per heavy atom. The number of nitrogens with one attached hydrogen (secondary N) is 2. The van der Waals surface area contributed by atoms with Gasteiger partial charge in [-0.25, -0.2) is 0 Å². The maximum atomic E-state index is 11.7. The Balaban J connectivity index is 1.37. The number of hydrogen-bond acceptors (Lipinski definition) is 3. The van der Waals surface area contributed by atoms with Gasteiger partial charge in [-0.2, -0.15) is 0 Å². The summed E-state index contributed by atoms with van der Waals surface area (Å²) in [6, 6.07) is 0.837. The van der Waals surface area contributed by atoms with Crippen molar-refractivity contribution in [2.45, 2.75) is 69.2 Å². The summed E-state index contributed by atoms with van der Waals surface area (Å²) >= 11 is 0. The molecule has 3 fully saturated rings. The topological polar surface area (TPSA) is 50.4 Å². The summed E-state index contributed by atoms with van der Waals surface area (Å²) in [5.74, 6) is 0.152. The minimum Gasteiger partial charge on any atom is -0.373 e. The molecule has 0 radical (unpaired) electrons. The largest absolute Gasteiger partial charge is 0.373 e. The number of carbonyl (C=O) groups excluding carboxylic acids is 1. The maximum absolute atomic E-state index is 11.7. The third kappa shape index (κ3) is 2.63. The number of ether oxygens (including phenoxy) is 1. The fourth-order valence-corrected chi connectivity index (χ4v) is 3.43. The molecule has 0 aromatic rings. The van der Waals surface area contributed by atoms with E-state index in [-0.39, 0.29) is 5.91 Å². The van der Waals surface area contributed by atoms with E-state index in [9.17, 15) is 4.79 Å². The highest BCUT2D eigenvalue weighted by atomic mass is 16.5. The van der Waals surface area contributed by atoms with E-state index in [1.807, 2.05) is 0 Å². The minimum atomic E-state index is 0.152. The summed E-state index contributed by atoms with van der Waals surface area (Å²) in [5, 5.41) is 6.45. The van der Waals surface area contributed by atoms with Gasteiger partial charge in [-0.15, -0.1) is 0 Å². The Hall–Kier alpha value is -0.610. The summed E-state index contributed by atoms with van der Waals surface area (Å²) in [4.78, 5) is 11.7. The van der Waals surface area contributed by atoms with Crippen molar-refractivity contribution in [1.29, 1.82) is 0 Å². The molecule has 2 N–H and O–H groups in total. The zero-order valence-corrected chi connectivity index (χ0v) is 10.3. The quantitative estimate of drug-likeness (QED) is 0.767. The molecule has 2 bridgehead atoms. The second kappa shape index (κ2) is 4.94. The monoisotopic (exact) mass is 238 g/mol. The highest BCUT2D eigenvalue weighted by Crippen LogP contribution is 2.34. The first kappa shape index (κ1) is 11.5. The number of carbonyl (C=O) groups is 1. The molecule has 1 saturated carbocycles. The van der Waals surface area contributed by atoms with Crippen molar-refractivity contribution in [3.05, 3.63) is 0 Å². The average molecular weight is 238 g/mol. The van der Waals surface area contributed by atoms with Gasteiger partial charge in [-0.1, -0.05) is 12.8 Å². The summed E-state index contributed by atoms with van der Waals surface area (Å²) in [5.41, 5.74) is 0. The Kier molecular flexibility index (Phi) is 3.34. The normalized spacial score (nSPS) is 36.6. The summed E-state index contributed by atoms with van der Waals surface area (Å²) < 4.78 is 5.76. The molecule has 2 saturated heterocycles. The first-order valence-corrected chi connectivity index (χ1v) is 6.99. The van der Waals surface area contributed by atoms with Gasteiger partial charge in [0.25, 0.3) is 0 Å². The average Bonchev–Trinajstić information content (AvgIpc) is 3.02. The molecule has 3 atom stereocenters. The summed E-state index contributed by atoms with van der Waals surface area (Å²) in [7, 11) is 0. The highest BCUT2D eigenvalue weighted by molar-refractivity contribution is 5.78. The predicted octanol–water partition coefficient (Wildman–Crippen LogP) is 0.955. The van der Waals surface area contributed by atoms with E-state index >= 15 is 0 Å². The van der Waals surface area contributed by atoms with Crippen LogP contribution in [0.5, 0.6) is 0 Å². The number of hydrogen-bond donors (Lipinski definition) is 2. The van der Waals surface area contributed by atoms with Gasteiger partial charge >= 0.3 is 0 Å². The SMILES string of the molecule is O=C(CNC1CC2CCC1O2)NC1CCCC1. The molecule has 3 rings (SSSR count). The van der Waals surface area contributed by atoms with Crippen molar-refractivity contribution in [3.8, 4) is 0 Å². The minimum absolute atomic E-state index is 0.152. The molecule has 3 aliphatic rings. The second-order valence-electron chi connectivity index (χ2n) is 5.65. The molecule has 4 nitrogen and oxygen atoms in total. The van der Waals surface area contributed by atoms with Crippen LogP contribution in [0.3, 0.4) is 0 Å². The molecule has 3 unspecified atom stereocenters. The number of fused-ring (bicyclic) bond motifs is 2. The van der Waals surface area contributed by atoms with Crippen molar-refractivity contribution in [3.63, 3.8) is 0 Å². The van der Waals surface area contributed by atoms with Gasteiger partial charge in [0.15, 0.2) is 0 Å². The van der Waals surface area contributed by atoms with Gasteiger partial charge in [0.1, 0.15) is 0 Å². The van der Waals surface area contributed by atoms with Gasteiger partial charge in [0.05, 0.1) is 18.8 Å². The Labute approximate surface area is 102 Å². The van der Waals surface area contributed by atoms with E-state index in [2.05, 4.69) is 10.6 Å². The number of amides is 1. The lowest BCUT2D eigenvalue weighted by Gasteiger charge is -2.20. The molecule has 96 valence electrons. The van der Waals surface area contributed by atoms with Crippen molar-refractivity contribution in [1.82, 2.24) is 10.6 Å². The van der Waals surface area contributed by atoms with Gasteiger partial charge in [0.2, 0.25) is 5.91 Å². The molecule has 1 aliphatic carbocycles. The van der Waals surface area contributed by atoms with Crippen molar-refractivity contribution in [2.24, 2.45) is 0 Å². The van der Waals surface area contributed by atoms with Crippen LogP contribution in [0.1, 0.15) is 44.9 Å². The second-order valence-corrected chi connectivity index (χ2v) is 5.65. The molecule has 4 heteroatoms. The van der Waals surface area contributed by atoms with Crippen molar-refractivity contribution < 1.29 is 9.53 Å². The van der Waals surface area contributed by atoms with Crippen LogP contribution >= 0.6 is 0 Å². The lowest BCUT2D eigenvalue weighted by Crippen LogP contribution is -2.45. The molecular formula is C13H22N2O2. The van der Waals surface area contributed by atoms with Crippen LogP contribution in [0.15, 0.2) is 0 Å².